The summed E-state index contributed by atoms with van der Waals surface area (Å²) in [4.78, 5) is 12.8. The van der Waals surface area contributed by atoms with E-state index in [1.54, 1.807) is 6.07 Å². The molecule has 3 rings (SSSR count). The first-order valence-electron chi connectivity index (χ1n) is 7.32. The standard InChI is InChI=1S/C16H14ClFN2O3S2/c1-9-8-24-15-5-3-11(7-14(15)19-16(9)21)25(22,23)20-10-2-4-13(18)12(17)6-10/h2-7,9,20H,8H2,1H3,(H,19,21)/t9-/m0/s1. The summed E-state index contributed by atoms with van der Waals surface area (Å²) in [7, 11) is -3.91. The van der Waals surface area contributed by atoms with E-state index < -0.39 is 15.8 Å². The number of halogens is 2. The van der Waals surface area contributed by atoms with E-state index in [0.717, 1.165) is 11.0 Å². The number of rotatable bonds is 3. The first-order valence-corrected chi connectivity index (χ1v) is 10.2. The highest BCUT2D eigenvalue weighted by atomic mass is 35.5. The topological polar surface area (TPSA) is 75.3 Å². The molecule has 1 aliphatic rings. The predicted octanol–water partition coefficient (Wildman–Crippen LogP) is 3.96. The summed E-state index contributed by atoms with van der Waals surface area (Å²) < 4.78 is 40.6. The summed E-state index contributed by atoms with van der Waals surface area (Å²) in [5, 5.41) is 2.56. The first kappa shape index (κ1) is 18.0. The Hall–Kier alpha value is -1.77. The average Bonchev–Trinajstić information content (AvgIpc) is 2.69. The van der Waals surface area contributed by atoms with Gasteiger partial charge in [0.1, 0.15) is 5.82 Å². The lowest BCUT2D eigenvalue weighted by Crippen LogP contribution is -2.20. The fraction of sp³-hybridized carbons (Fsp3) is 0.188. The third kappa shape index (κ3) is 3.91. The van der Waals surface area contributed by atoms with Gasteiger partial charge in [-0.25, -0.2) is 12.8 Å². The Kier molecular flexibility index (Phi) is 4.95. The molecule has 5 nitrogen and oxygen atoms in total. The van der Waals surface area contributed by atoms with Gasteiger partial charge in [-0.2, -0.15) is 0 Å². The van der Waals surface area contributed by atoms with Crippen LogP contribution in [0.3, 0.4) is 0 Å². The molecule has 1 amide bonds. The molecule has 0 bridgehead atoms. The number of hydrogen-bond acceptors (Lipinski definition) is 4. The monoisotopic (exact) mass is 400 g/mol. The highest BCUT2D eigenvalue weighted by Gasteiger charge is 2.23. The second kappa shape index (κ2) is 6.86. The van der Waals surface area contributed by atoms with Gasteiger partial charge in [0.2, 0.25) is 5.91 Å². The molecule has 25 heavy (non-hydrogen) atoms. The Bertz CT molecular complexity index is 950. The van der Waals surface area contributed by atoms with Crippen molar-refractivity contribution < 1.29 is 17.6 Å². The average molecular weight is 401 g/mol. The molecule has 1 heterocycles. The number of hydrogen-bond donors (Lipinski definition) is 2. The minimum absolute atomic E-state index is 0.0119. The van der Waals surface area contributed by atoms with Gasteiger partial charge in [0, 0.05) is 16.6 Å². The maximum Gasteiger partial charge on any atom is 0.261 e. The fourth-order valence-electron chi connectivity index (χ4n) is 2.22. The molecule has 0 aliphatic carbocycles. The molecule has 0 fully saturated rings. The second-order valence-corrected chi connectivity index (χ2v) is 8.75. The minimum Gasteiger partial charge on any atom is -0.325 e. The van der Waals surface area contributed by atoms with E-state index >= 15 is 0 Å². The summed E-state index contributed by atoms with van der Waals surface area (Å²) in [6.45, 7) is 1.81. The van der Waals surface area contributed by atoms with Gasteiger partial charge >= 0.3 is 0 Å². The van der Waals surface area contributed by atoms with Crippen molar-refractivity contribution in [3.8, 4) is 0 Å². The molecule has 1 aliphatic heterocycles. The molecule has 9 heteroatoms. The third-order valence-corrected chi connectivity index (χ3v) is 6.63. The Morgan fingerprint density at radius 1 is 1.28 bits per heavy atom. The summed E-state index contributed by atoms with van der Waals surface area (Å²) in [5.74, 6) is -0.337. The highest BCUT2D eigenvalue weighted by Crippen LogP contribution is 2.34. The Balaban J connectivity index is 1.91. The smallest absolute Gasteiger partial charge is 0.261 e. The van der Waals surface area contributed by atoms with Gasteiger partial charge in [-0.1, -0.05) is 18.5 Å². The van der Waals surface area contributed by atoms with Crippen molar-refractivity contribution in [1.29, 1.82) is 0 Å². The van der Waals surface area contributed by atoms with Crippen molar-refractivity contribution in [3.05, 3.63) is 47.2 Å². The largest absolute Gasteiger partial charge is 0.325 e. The zero-order valence-electron chi connectivity index (χ0n) is 13.0. The van der Waals surface area contributed by atoms with Crippen molar-refractivity contribution in [2.45, 2.75) is 16.7 Å². The van der Waals surface area contributed by atoms with Gasteiger partial charge in [0.15, 0.2) is 0 Å². The highest BCUT2D eigenvalue weighted by molar-refractivity contribution is 7.99. The van der Waals surface area contributed by atoms with Crippen molar-refractivity contribution in [3.63, 3.8) is 0 Å². The molecule has 0 saturated carbocycles. The van der Waals surface area contributed by atoms with Gasteiger partial charge in [-0.3, -0.25) is 9.52 Å². The van der Waals surface area contributed by atoms with Gasteiger partial charge in [0.05, 0.1) is 21.3 Å². The van der Waals surface area contributed by atoms with Gasteiger partial charge < -0.3 is 5.32 Å². The van der Waals surface area contributed by atoms with Crippen molar-refractivity contribution in [2.24, 2.45) is 5.92 Å². The summed E-state index contributed by atoms with van der Waals surface area (Å²) in [6.07, 6.45) is 0. The van der Waals surface area contributed by atoms with E-state index in [-0.39, 0.29) is 27.4 Å². The lowest BCUT2D eigenvalue weighted by atomic mass is 10.2. The van der Waals surface area contributed by atoms with Crippen LogP contribution in [0, 0.1) is 11.7 Å². The quantitative estimate of drug-likeness (QED) is 0.817. The lowest BCUT2D eigenvalue weighted by molar-refractivity contribution is -0.118. The van der Waals surface area contributed by atoms with Crippen molar-refractivity contribution >= 4 is 50.7 Å². The predicted molar refractivity (Wildman–Crippen MR) is 97.2 cm³/mol. The van der Waals surface area contributed by atoms with Crippen molar-refractivity contribution in [1.82, 2.24) is 0 Å². The number of amides is 1. The Morgan fingerprint density at radius 2 is 2.04 bits per heavy atom. The van der Waals surface area contributed by atoms with Crippen LogP contribution in [0.25, 0.3) is 0 Å². The maximum absolute atomic E-state index is 13.2. The van der Waals surface area contributed by atoms with E-state index in [1.807, 2.05) is 6.92 Å². The molecular formula is C16H14ClFN2O3S2. The van der Waals surface area contributed by atoms with Crippen LogP contribution in [0.4, 0.5) is 15.8 Å². The molecule has 1 atom stereocenters. The van der Waals surface area contributed by atoms with E-state index in [1.165, 1.54) is 36.0 Å². The normalized spacial score (nSPS) is 17.4. The van der Waals surface area contributed by atoms with Crippen LogP contribution in [-0.2, 0) is 14.8 Å². The molecule has 132 valence electrons. The summed E-state index contributed by atoms with van der Waals surface area (Å²) in [6, 6.07) is 8.08. The molecular weight excluding hydrogens is 387 g/mol. The van der Waals surface area contributed by atoms with Gasteiger partial charge in [-0.05, 0) is 36.4 Å². The second-order valence-electron chi connectivity index (χ2n) is 5.59. The summed E-state index contributed by atoms with van der Waals surface area (Å²) in [5.41, 5.74) is 0.604. The molecule has 0 saturated heterocycles. The molecule has 0 spiro atoms. The zero-order valence-corrected chi connectivity index (χ0v) is 15.4. The number of sulfonamides is 1. The van der Waals surface area contributed by atoms with E-state index in [0.29, 0.717) is 11.4 Å². The van der Waals surface area contributed by atoms with Crippen LogP contribution in [-0.4, -0.2) is 20.1 Å². The Labute approximate surface area is 154 Å². The maximum atomic E-state index is 13.2. The molecule has 2 aromatic carbocycles. The Morgan fingerprint density at radius 3 is 2.76 bits per heavy atom. The number of fused-ring (bicyclic) bond motifs is 1. The number of carbonyl (C=O) groups excluding carboxylic acids is 1. The van der Waals surface area contributed by atoms with E-state index in [2.05, 4.69) is 10.0 Å². The van der Waals surface area contributed by atoms with Gasteiger partial charge in [-0.15, -0.1) is 11.8 Å². The molecule has 2 N–H and O–H groups in total. The molecule has 0 radical (unpaired) electrons. The zero-order chi connectivity index (χ0) is 18.2. The van der Waals surface area contributed by atoms with E-state index in [9.17, 15) is 17.6 Å². The van der Waals surface area contributed by atoms with Crippen LogP contribution in [0.15, 0.2) is 46.2 Å². The number of anilines is 2. The molecule has 0 aromatic heterocycles. The molecule has 0 unspecified atom stereocenters. The van der Waals surface area contributed by atoms with Gasteiger partial charge in [0.25, 0.3) is 10.0 Å². The number of thioether (sulfide) groups is 1. The number of nitrogens with one attached hydrogen (secondary N) is 2. The summed E-state index contributed by atoms with van der Waals surface area (Å²) >= 11 is 7.16. The van der Waals surface area contributed by atoms with Crippen LogP contribution >= 0.6 is 23.4 Å². The third-order valence-electron chi connectivity index (χ3n) is 3.63. The minimum atomic E-state index is -3.91. The molecule has 2 aromatic rings. The van der Waals surface area contributed by atoms with Crippen molar-refractivity contribution in [2.75, 3.05) is 15.8 Å². The fourth-order valence-corrected chi connectivity index (χ4v) is 4.49. The first-order chi connectivity index (χ1) is 11.8. The van der Waals surface area contributed by atoms with Crippen LogP contribution in [0.2, 0.25) is 5.02 Å². The number of benzene rings is 2. The number of carbonyl (C=O) groups is 1. The van der Waals surface area contributed by atoms with E-state index in [4.69, 9.17) is 11.6 Å². The van der Waals surface area contributed by atoms with Crippen LogP contribution in [0.1, 0.15) is 6.92 Å². The SMILES string of the molecule is C[C@H]1CSc2ccc(S(=O)(=O)Nc3ccc(F)c(Cl)c3)cc2NC1=O. The lowest BCUT2D eigenvalue weighted by Gasteiger charge is -2.12. The van der Waals surface area contributed by atoms with Crippen LogP contribution in [0.5, 0.6) is 0 Å². The van der Waals surface area contributed by atoms with Crippen LogP contribution < -0.4 is 10.0 Å².